The molecule has 0 saturated heterocycles. The van der Waals surface area contributed by atoms with Gasteiger partial charge in [0, 0.05) is 5.69 Å². The smallest absolute Gasteiger partial charge is 0.138 e. The fourth-order valence-corrected chi connectivity index (χ4v) is 3.29. The first-order valence-electron chi connectivity index (χ1n) is 10.2. The molecule has 0 radical (unpaired) electrons. The number of hydrogen-bond acceptors (Lipinski definition) is 3. The molecule has 2 N–H and O–H groups in total. The molecule has 0 aromatic heterocycles. The number of ether oxygens (including phenoxy) is 1. The van der Waals surface area contributed by atoms with E-state index in [1.54, 1.807) is 6.92 Å². The summed E-state index contributed by atoms with van der Waals surface area (Å²) in [6.45, 7) is 12.2. The van der Waals surface area contributed by atoms with Crippen molar-refractivity contribution in [1.82, 2.24) is 0 Å². The lowest BCUT2D eigenvalue weighted by atomic mass is 9.89. The van der Waals surface area contributed by atoms with Crippen molar-refractivity contribution in [2.45, 2.75) is 66.7 Å². The van der Waals surface area contributed by atoms with Gasteiger partial charge in [0.1, 0.15) is 18.1 Å². The van der Waals surface area contributed by atoms with Crippen LogP contribution in [-0.4, -0.2) is 12.4 Å². The predicted molar refractivity (Wildman–Crippen MR) is 118 cm³/mol. The number of Topliss-reactive ketones (excluding diaryl/α,β-unsaturated/α-hetero) is 1. The van der Waals surface area contributed by atoms with E-state index in [1.165, 1.54) is 11.1 Å². The molecule has 0 fully saturated rings. The number of nitrogens with two attached hydrogens (primary N) is 1. The van der Waals surface area contributed by atoms with E-state index in [4.69, 9.17) is 10.5 Å². The van der Waals surface area contributed by atoms with Gasteiger partial charge >= 0.3 is 0 Å². The molecule has 0 spiro atoms. The van der Waals surface area contributed by atoms with E-state index in [1.807, 2.05) is 26.0 Å². The number of aryl methyl sites for hydroxylation is 3. The van der Waals surface area contributed by atoms with Crippen LogP contribution < -0.4 is 10.5 Å². The molecule has 0 saturated carbocycles. The van der Waals surface area contributed by atoms with Gasteiger partial charge in [-0.2, -0.15) is 0 Å². The van der Waals surface area contributed by atoms with Gasteiger partial charge in [0.2, 0.25) is 0 Å². The van der Waals surface area contributed by atoms with Crippen molar-refractivity contribution in [3.63, 3.8) is 0 Å². The van der Waals surface area contributed by atoms with Gasteiger partial charge < -0.3 is 10.5 Å². The van der Waals surface area contributed by atoms with Crippen LogP contribution >= 0.6 is 0 Å². The highest BCUT2D eigenvalue weighted by molar-refractivity contribution is 5.81. The van der Waals surface area contributed by atoms with Gasteiger partial charge in [-0.1, -0.05) is 31.2 Å². The molecule has 0 aliphatic carbocycles. The summed E-state index contributed by atoms with van der Waals surface area (Å²) in [7, 11) is 0. The second-order valence-electron chi connectivity index (χ2n) is 8.59. The third kappa shape index (κ3) is 5.60. The van der Waals surface area contributed by atoms with Crippen LogP contribution in [0.15, 0.2) is 36.4 Å². The van der Waals surface area contributed by atoms with E-state index >= 15 is 0 Å². The van der Waals surface area contributed by atoms with Crippen LogP contribution in [0.3, 0.4) is 0 Å². The van der Waals surface area contributed by atoms with Crippen LogP contribution in [0.1, 0.15) is 68.7 Å². The standard InChI is InChI=1S/C25H35NO2/c1-7-21(22-11-12-23(26)17(2)15-22)10-8-20-9-13-24(18(3)14-20)28-16-25(5,6)19(4)27/h9,11-15,21H,7-8,10,16,26H2,1-6H3. The highest BCUT2D eigenvalue weighted by Gasteiger charge is 2.24. The number of ketones is 1. The van der Waals surface area contributed by atoms with Gasteiger partial charge in [-0.05, 0) is 94.2 Å². The van der Waals surface area contributed by atoms with Crippen molar-refractivity contribution in [2.75, 3.05) is 12.3 Å². The van der Waals surface area contributed by atoms with Gasteiger partial charge in [0.15, 0.2) is 0 Å². The van der Waals surface area contributed by atoms with E-state index in [9.17, 15) is 4.79 Å². The van der Waals surface area contributed by atoms with Gasteiger partial charge in [0.25, 0.3) is 0 Å². The fraction of sp³-hybridized carbons (Fsp3) is 0.480. The zero-order valence-electron chi connectivity index (χ0n) is 18.3. The second kappa shape index (κ2) is 9.27. The highest BCUT2D eigenvalue weighted by Crippen LogP contribution is 2.29. The Kier molecular flexibility index (Phi) is 7.29. The summed E-state index contributed by atoms with van der Waals surface area (Å²) in [6, 6.07) is 12.8. The second-order valence-corrected chi connectivity index (χ2v) is 8.59. The molecular formula is C25H35NO2. The Morgan fingerprint density at radius 3 is 2.39 bits per heavy atom. The third-order valence-corrected chi connectivity index (χ3v) is 5.82. The van der Waals surface area contributed by atoms with E-state index in [2.05, 4.69) is 45.0 Å². The third-order valence-electron chi connectivity index (χ3n) is 5.82. The molecule has 0 aliphatic rings. The number of benzene rings is 2. The molecule has 2 aromatic carbocycles. The van der Waals surface area contributed by atoms with Crippen molar-refractivity contribution < 1.29 is 9.53 Å². The van der Waals surface area contributed by atoms with E-state index < -0.39 is 5.41 Å². The Bertz CT molecular complexity index is 823. The molecule has 1 atom stereocenters. The van der Waals surface area contributed by atoms with E-state index in [-0.39, 0.29) is 5.78 Å². The lowest BCUT2D eigenvalue weighted by Crippen LogP contribution is -2.29. The van der Waals surface area contributed by atoms with Crippen LogP contribution in [0.2, 0.25) is 0 Å². The lowest BCUT2D eigenvalue weighted by Gasteiger charge is -2.22. The van der Waals surface area contributed by atoms with Gasteiger partial charge in [-0.25, -0.2) is 0 Å². The first kappa shape index (κ1) is 22.0. The minimum absolute atomic E-state index is 0.144. The lowest BCUT2D eigenvalue weighted by molar-refractivity contribution is -0.126. The number of carbonyl (C=O) groups excluding carboxylic acids is 1. The zero-order valence-corrected chi connectivity index (χ0v) is 18.3. The van der Waals surface area contributed by atoms with Crippen LogP contribution in [0.25, 0.3) is 0 Å². The molecule has 1 unspecified atom stereocenters. The molecule has 3 heteroatoms. The van der Waals surface area contributed by atoms with Gasteiger partial charge in [-0.15, -0.1) is 0 Å². The van der Waals surface area contributed by atoms with Crippen LogP contribution in [-0.2, 0) is 11.2 Å². The number of carbonyl (C=O) groups is 1. The first-order valence-corrected chi connectivity index (χ1v) is 10.2. The Morgan fingerprint density at radius 1 is 1.11 bits per heavy atom. The van der Waals surface area contributed by atoms with Crippen molar-refractivity contribution >= 4 is 11.5 Å². The molecule has 2 rings (SSSR count). The molecule has 2 aromatic rings. The minimum atomic E-state index is -0.462. The largest absolute Gasteiger partial charge is 0.492 e. The summed E-state index contributed by atoms with van der Waals surface area (Å²) in [6.07, 6.45) is 3.25. The van der Waals surface area contributed by atoms with Gasteiger partial charge in [0.05, 0.1) is 5.41 Å². The fourth-order valence-electron chi connectivity index (χ4n) is 3.29. The summed E-state index contributed by atoms with van der Waals surface area (Å²) in [5.74, 6) is 1.54. The topological polar surface area (TPSA) is 52.3 Å². The average molecular weight is 382 g/mol. The van der Waals surface area contributed by atoms with Crippen LogP contribution in [0.5, 0.6) is 5.75 Å². The summed E-state index contributed by atoms with van der Waals surface area (Å²) in [4.78, 5) is 11.7. The van der Waals surface area contributed by atoms with E-state index in [0.717, 1.165) is 41.8 Å². The maximum Gasteiger partial charge on any atom is 0.138 e. The van der Waals surface area contributed by atoms with Crippen molar-refractivity contribution in [3.8, 4) is 5.75 Å². The summed E-state index contributed by atoms with van der Waals surface area (Å²) in [5, 5.41) is 0. The average Bonchev–Trinajstić information content (AvgIpc) is 2.64. The number of hydrogen-bond donors (Lipinski definition) is 1. The van der Waals surface area contributed by atoms with Gasteiger partial charge in [-0.3, -0.25) is 4.79 Å². The molecule has 28 heavy (non-hydrogen) atoms. The Balaban J connectivity index is 2.01. The maximum absolute atomic E-state index is 11.7. The number of nitrogen functional groups attached to an aromatic ring is 1. The monoisotopic (exact) mass is 381 g/mol. The highest BCUT2D eigenvalue weighted by atomic mass is 16.5. The predicted octanol–water partition coefficient (Wildman–Crippen LogP) is 6.01. The number of rotatable bonds is 9. The molecule has 152 valence electrons. The molecule has 0 heterocycles. The Morgan fingerprint density at radius 2 is 1.82 bits per heavy atom. The molecule has 0 bridgehead atoms. The van der Waals surface area contributed by atoms with Crippen LogP contribution in [0.4, 0.5) is 5.69 Å². The zero-order chi connectivity index (χ0) is 20.9. The molecule has 3 nitrogen and oxygen atoms in total. The Hall–Kier alpha value is -2.29. The SMILES string of the molecule is CCC(CCc1ccc(OCC(C)(C)C(C)=O)c(C)c1)c1ccc(N)c(C)c1. The minimum Gasteiger partial charge on any atom is -0.492 e. The molecule has 0 amide bonds. The van der Waals surface area contributed by atoms with Crippen molar-refractivity contribution in [2.24, 2.45) is 5.41 Å². The van der Waals surface area contributed by atoms with Crippen molar-refractivity contribution in [1.29, 1.82) is 0 Å². The summed E-state index contributed by atoms with van der Waals surface area (Å²) in [5.41, 5.74) is 11.3. The molecule has 0 aliphatic heterocycles. The van der Waals surface area contributed by atoms with E-state index in [0.29, 0.717) is 12.5 Å². The maximum atomic E-state index is 11.7. The molecular weight excluding hydrogens is 346 g/mol. The normalized spacial score (nSPS) is 12.6. The summed E-state index contributed by atoms with van der Waals surface area (Å²) >= 11 is 0. The quantitative estimate of drug-likeness (QED) is 0.541. The Labute approximate surface area is 170 Å². The summed E-state index contributed by atoms with van der Waals surface area (Å²) < 4.78 is 5.93. The van der Waals surface area contributed by atoms with Crippen LogP contribution in [0, 0.1) is 19.3 Å². The number of anilines is 1. The first-order chi connectivity index (χ1) is 13.1. The van der Waals surface area contributed by atoms with Crippen molar-refractivity contribution in [3.05, 3.63) is 58.7 Å².